The average molecular weight is 608 g/mol. The van der Waals surface area contributed by atoms with Gasteiger partial charge in [-0.05, 0) is 24.5 Å². The fraction of sp³-hybridized carbons (Fsp3) is 0.400. The van der Waals surface area contributed by atoms with Crippen LogP contribution in [0.4, 0.5) is 45.6 Å². The van der Waals surface area contributed by atoms with Gasteiger partial charge in [0.25, 0.3) is 17.7 Å². The predicted octanol–water partition coefficient (Wildman–Crippen LogP) is 7.00. The molecule has 17 heteroatoms. The van der Waals surface area contributed by atoms with Crippen LogP contribution in [-0.4, -0.2) is 44.3 Å². The molecule has 0 fully saturated rings. The van der Waals surface area contributed by atoms with Crippen LogP contribution >= 0.6 is 0 Å². The van der Waals surface area contributed by atoms with Gasteiger partial charge in [0.05, 0.1) is 24.3 Å². The monoisotopic (exact) mass is 608 g/mol. The summed E-state index contributed by atoms with van der Waals surface area (Å²) in [5.74, 6) is -7.95. The Bertz CT molecular complexity index is 1460. The highest BCUT2D eigenvalue weighted by Gasteiger charge is 2.65. The van der Waals surface area contributed by atoms with Crippen molar-refractivity contribution in [1.29, 1.82) is 0 Å². The average Bonchev–Trinajstić information content (AvgIpc) is 3.38. The van der Waals surface area contributed by atoms with E-state index in [9.17, 15) is 35.9 Å². The number of nitrogens with one attached hydrogen (secondary N) is 1. The minimum absolute atomic E-state index is 0.170. The molecule has 0 saturated carbocycles. The molecule has 226 valence electrons. The SMILES string of the molecule is O=C(O)Nc1cc(C(F)(F)F)c2nc1-c1nnc(o1)[C@@](OCc1ccccc1)(C(F)(F)F)CC(F)(F)CCCCC2=O. The van der Waals surface area contributed by atoms with Crippen molar-refractivity contribution in [3.05, 3.63) is 59.1 Å². The normalized spacial score (nSPS) is 19.7. The number of carbonyl (C=O) groups is 2. The second-order valence-corrected chi connectivity index (χ2v) is 9.38. The summed E-state index contributed by atoms with van der Waals surface area (Å²) < 4.78 is 126. The van der Waals surface area contributed by atoms with Gasteiger partial charge in [0.2, 0.25) is 5.60 Å². The summed E-state index contributed by atoms with van der Waals surface area (Å²) in [5.41, 5.74) is -8.55. The number of hydrogen-bond donors (Lipinski definition) is 2. The fourth-order valence-electron chi connectivity index (χ4n) is 4.31. The maximum atomic E-state index is 15.1. The molecule has 2 N–H and O–H groups in total. The summed E-state index contributed by atoms with van der Waals surface area (Å²) in [5, 5.41) is 17.3. The first kappa shape index (κ1) is 30.8. The summed E-state index contributed by atoms with van der Waals surface area (Å²) in [7, 11) is 0. The predicted molar refractivity (Wildman–Crippen MR) is 126 cm³/mol. The van der Waals surface area contributed by atoms with Gasteiger partial charge >= 0.3 is 18.4 Å². The topological polar surface area (TPSA) is 127 Å². The number of carbonyl (C=O) groups excluding carboxylic acids is 1. The molecule has 2 aromatic heterocycles. The van der Waals surface area contributed by atoms with Crippen molar-refractivity contribution in [3.8, 4) is 11.6 Å². The molecule has 3 heterocycles. The number of pyridine rings is 1. The van der Waals surface area contributed by atoms with Gasteiger partial charge in [-0.2, -0.15) is 26.3 Å². The molecule has 9 nitrogen and oxygen atoms in total. The van der Waals surface area contributed by atoms with E-state index in [1.807, 2.05) is 0 Å². The molecule has 1 amide bonds. The van der Waals surface area contributed by atoms with Crippen molar-refractivity contribution in [2.75, 3.05) is 5.32 Å². The number of carboxylic acid groups (broad SMARTS) is 1. The molecule has 1 atom stereocenters. The summed E-state index contributed by atoms with van der Waals surface area (Å²) in [6.45, 7) is -0.836. The molecule has 4 rings (SSSR count). The number of aromatic nitrogens is 3. The summed E-state index contributed by atoms with van der Waals surface area (Å²) in [6, 6.07) is 7.45. The van der Waals surface area contributed by atoms with Gasteiger partial charge < -0.3 is 14.3 Å². The van der Waals surface area contributed by atoms with Crippen LogP contribution in [0.15, 0.2) is 40.8 Å². The van der Waals surface area contributed by atoms with Crippen LogP contribution < -0.4 is 5.32 Å². The molecule has 42 heavy (non-hydrogen) atoms. The lowest BCUT2D eigenvalue weighted by molar-refractivity contribution is -0.315. The second kappa shape index (κ2) is 11.3. The number of anilines is 1. The van der Waals surface area contributed by atoms with Crippen molar-refractivity contribution in [2.24, 2.45) is 0 Å². The zero-order chi connectivity index (χ0) is 30.9. The lowest BCUT2D eigenvalue weighted by atomic mass is 9.91. The third-order valence-electron chi connectivity index (χ3n) is 6.30. The molecule has 0 spiro atoms. The van der Waals surface area contributed by atoms with E-state index >= 15 is 8.78 Å². The number of alkyl halides is 8. The first-order valence-corrected chi connectivity index (χ1v) is 12.1. The Kier molecular flexibility index (Phi) is 8.26. The Morgan fingerprint density at radius 3 is 2.36 bits per heavy atom. The number of ketones is 1. The quantitative estimate of drug-likeness (QED) is 0.303. The van der Waals surface area contributed by atoms with Crippen LogP contribution in [0, 0.1) is 0 Å². The molecule has 0 aliphatic carbocycles. The fourth-order valence-corrected chi connectivity index (χ4v) is 4.31. The molecular formula is C25H20F8N4O5. The molecule has 3 aromatic rings. The Morgan fingerprint density at radius 2 is 1.74 bits per heavy atom. The van der Waals surface area contributed by atoms with Gasteiger partial charge in [0.1, 0.15) is 5.69 Å². The van der Waals surface area contributed by atoms with E-state index in [2.05, 4.69) is 15.2 Å². The van der Waals surface area contributed by atoms with Crippen LogP contribution in [0.25, 0.3) is 11.6 Å². The summed E-state index contributed by atoms with van der Waals surface area (Å²) in [4.78, 5) is 27.6. The Balaban J connectivity index is 1.96. The zero-order valence-electron chi connectivity index (χ0n) is 21.2. The van der Waals surface area contributed by atoms with E-state index in [0.717, 1.165) is 0 Å². The molecule has 1 aromatic carbocycles. The van der Waals surface area contributed by atoms with E-state index < -0.39 is 109 Å². The van der Waals surface area contributed by atoms with Crippen molar-refractivity contribution in [1.82, 2.24) is 15.2 Å². The van der Waals surface area contributed by atoms with Gasteiger partial charge in [-0.15, -0.1) is 10.2 Å². The Labute approximate surface area is 230 Å². The highest BCUT2D eigenvalue weighted by Crippen LogP contribution is 2.50. The van der Waals surface area contributed by atoms with Gasteiger partial charge in [0.15, 0.2) is 11.5 Å². The van der Waals surface area contributed by atoms with E-state index in [4.69, 9.17) is 14.3 Å². The molecule has 0 unspecified atom stereocenters. The highest BCUT2D eigenvalue weighted by molar-refractivity contribution is 5.98. The first-order chi connectivity index (χ1) is 19.5. The number of fused-ring (bicyclic) bond motifs is 5. The highest BCUT2D eigenvalue weighted by atomic mass is 19.4. The number of nitrogens with zero attached hydrogens (tertiary/aromatic N) is 3. The largest absolute Gasteiger partial charge is 0.465 e. The van der Waals surface area contributed by atoms with Crippen molar-refractivity contribution >= 4 is 17.6 Å². The van der Waals surface area contributed by atoms with E-state index in [0.29, 0.717) is 0 Å². The number of amides is 1. The first-order valence-electron chi connectivity index (χ1n) is 12.1. The van der Waals surface area contributed by atoms with Gasteiger partial charge in [0, 0.05) is 12.8 Å². The standard InChI is InChI=1S/C25H20F8N4O5/c26-22(27)9-5-4-8-16(38)17-14(24(28,29)30)10-15(34-21(39)40)18(35-17)19-36-37-20(42-19)23(12-22,25(31,32)33)41-11-13-6-2-1-3-7-13/h1-3,6-7,10,34H,4-5,8-9,11-12H2,(H,39,40)/t23-/m1/s1. The number of hydrogen-bond acceptors (Lipinski definition) is 7. The second-order valence-electron chi connectivity index (χ2n) is 9.38. The van der Waals surface area contributed by atoms with Crippen LogP contribution in [0.5, 0.6) is 0 Å². The van der Waals surface area contributed by atoms with Crippen molar-refractivity contribution in [3.63, 3.8) is 0 Å². The molecule has 1 aliphatic rings. The van der Waals surface area contributed by atoms with Crippen LogP contribution in [0.3, 0.4) is 0 Å². The number of rotatable bonds is 4. The number of Topliss-reactive ketones (excluding diaryl/α,β-unsaturated/α-hetero) is 1. The lowest BCUT2D eigenvalue weighted by Crippen LogP contribution is -2.49. The zero-order valence-corrected chi connectivity index (χ0v) is 21.2. The molecular weight excluding hydrogens is 588 g/mol. The maximum absolute atomic E-state index is 15.1. The molecule has 0 saturated heterocycles. The van der Waals surface area contributed by atoms with Gasteiger partial charge in [-0.25, -0.2) is 18.6 Å². The summed E-state index contributed by atoms with van der Waals surface area (Å²) in [6.07, 6.45) is -17.6. The van der Waals surface area contributed by atoms with Gasteiger partial charge in [-0.1, -0.05) is 30.3 Å². The van der Waals surface area contributed by atoms with Crippen LogP contribution in [0.2, 0.25) is 0 Å². The van der Waals surface area contributed by atoms with Crippen molar-refractivity contribution < 1.29 is 59.0 Å². The molecule has 1 aliphatic heterocycles. The minimum Gasteiger partial charge on any atom is -0.465 e. The maximum Gasteiger partial charge on any atom is 0.426 e. The van der Waals surface area contributed by atoms with Crippen LogP contribution in [-0.2, 0) is 23.1 Å². The van der Waals surface area contributed by atoms with E-state index in [1.54, 1.807) is 11.4 Å². The minimum atomic E-state index is -5.59. The third-order valence-corrected chi connectivity index (χ3v) is 6.30. The number of ether oxygens (including phenoxy) is 1. The number of halogens is 8. The Hall–Kier alpha value is -4.15. The Morgan fingerprint density at radius 1 is 1.05 bits per heavy atom. The lowest BCUT2D eigenvalue weighted by Gasteiger charge is -2.35. The molecule has 4 bridgehead atoms. The van der Waals surface area contributed by atoms with E-state index in [-0.39, 0.29) is 11.6 Å². The third kappa shape index (κ3) is 6.50. The van der Waals surface area contributed by atoms with E-state index in [1.165, 1.54) is 24.3 Å². The van der Waals surface area contributed by atoms with Crippen LogP contribution in [0.1, 0.15) is 59.6 Å². The van der Waals surface area contributed by atoms with Gasteiger partial charge in [-0.3, -0.25) is 10.1 Å². The number of benzene rings is 1. The van der Waals surface area contributed by atoms with Crippen molar-refractivity contribution in [2.45, 2.75) is 62.6 Å². The molecule has 0 radical (unpaired) electrons. The smallest absolute Gasteiger partial charge is 0.426 e. The summed E-state index contributed by atoms with van der Waals surface area (Å²) >= 11 is 0.